The first-order valence-electron chi connectivity index (χ1n) is 11.5. The number of likely N-dealkylation sites (N-methyl/N-ethyl adjacent to an activating group) is 1. The Labute approximate surface area is 219 Å². The van der Waals surface area contributed by atoms with Crippen molar-refractivity contribution in [2.24, 2.45) is 0 Å². The Balaban J connectivity index is 1.57. The maximum Gasteiger partial charge on any atom is 0.242 e. The minimum atomic E-state index is -3.67. The van der Waals surface area contributed by atoms with E-state index in [0.29, 0.717) is 40.0 Å². The fourth-order valence-corrected chi connectivity index (χ4v) is 4.99. The summed E-state index contributed by atoms with van der Waals surface area (Å²) in [5, 5.41) is 6.28. The number of para-hydroxylation sites is 1. The van der Waals surface area contributed by atoms with Gasteiger partial charge >= 0.3 is 0 Å². The molecule has 2 heterocycles. The fourth-order valence-electron chi connectivity index (χ4n) is 3.81. The molecule has 12 heteroatoms. The third-order valence-corrected chi connectivity index (χ3v) is 7.65. The summed E-state index contributed by atoms with van der Waals surface area (Å²) in [5.74, 6) is 2.06. The highest BCUT2D eigenvalue weighted by molar-refractivity contribution is 9.10. The summed E-state index contributed by atoms with van der Waals surface area (Å²) in [7, 11) is -0.213. The number of benzene rings is 2. The summed E-state index contributed by atoms with van der Waals surface area (Å²) in [5.41, 5.74) is 1.06. The van der Waals surface area contributed by atoms with E-state index >= 15 is 0 Å². The van der Waals surface area contributed by atoms with Crippen LogP contribution in [0.15, 0.2) is 58.0 Å². The van der Waals surface area contributed by atoms with Crippen LogP contribution in [0.2, 0.25) is 0 Å². The predicted octanol–water partition coefficient (Wildman–Crippen LogP) is 4.12. The van der Waals surface area contributed by atoms with Crippen molar-refractivity contribution in [1.82, 2.24) is 19.6 Å². The predicted molar refractivity (Wildman–Crippen MR) is 143 cm³/mol. The molecule has 36 heavy (non-hydrogen) atoms. The maximum atomic E-state index is 12.4. The van der Waals surface area contributed by atoms with Crippen LogP contribution >= 0.6 is 15.9 Å². The third kappa shape index (κ3) is 6.25. The van der Waals surface area contributed by atoms with E-state index in [9.17, 15) is 8.42 Å². The molecule has 0 saturated carbocycles. The Morgan fingerprint density at radius 1 is 1.17 bits per heavy atom. The normalized spacial score (nSPS) is 16.1. The number of halogens is 1. The molecule has 0 unspecified atom stereocenters. The lowest BCUT2D eigenvalue weighted by atomic mass is 10.2. The third-order valence-electron chi connectivity index (χ3n) is 5.59. The Hall–Kier alpha value is -2.93. The highest BCUT2D eigenvalue weighted by atomic mass is 79.9. The van der Waals surface area contributed by atoms with E-state index in [2.05, 4.69) is 53.2 Å². The molecule has 0 spiro atoms. The molecule has 4 rings (SSSR count). The van der Waals surface area contributed by atoms with Crippen molar-refractivity contribution in [3.63, 3.8) is 0 Å². The van der Waals surface area contributed by atoms with Gasteiger partial charge in [0.1, 0.15) is 28.3 Å². The maximum absolute atomic E-state index is 12.4. The number of nitrogens with one attached hydrogen (secondary N) is 3. The van der Waals surface area contributed by atoms with Gasteiger partial charge < -0.3 is 25.0 Å². The Bertz CT molecular complexity index is 1320. The Kier molecular flexibility index (Phi) is 8.29. The minimum absolute atomic E-state index is 0.107. The largest absolute Gasteiger partial charge is 0.492 e. The average molecular weight is 578 g/mol. The van der Waals surface area contributed by atoms with E-state index < -0.39 is 10.0 Å². The lowest BCUT2D eigenvalue weighted by Gasteiger charge is -2.17. The van der Waals surface area contributed by atoms with Crippen LogP contribution in [0.25, 0.3) is 0 Å². The highest BCUT2D eigenvalue weighted by Crippen LogP contribution is 2.34. The van der Waals surface area contributed by atoms with E-state index in [0.717, 1.165) is 25.3 Å². The van der Waals surface area contributed by atoms with Crippen molar-refractivity contribution in [3.05, 3.63) is 53.1 Å². The van der Waals surface area contributed by atoms with Gasteiger partial charge in [0.25, 0.3) is 0 Å². The van der Waals surface area contributed by atoms with Crippen LogP contribution in [0.1, 0.15) is 13.3 Å². The van der Waals surface area contributed by atoms with E-state index in [1.54, 1.807) is 24.4 Å². The first-order chi connectivity index (χ1) is 17.3. The Morgan fingerprint density at radius 3 is 2.69 bits per heavy atom. The molecule has 0 radical (unpaired) electrons. The zero-order valence-corrected chi connectivity index (χ0v) is 22.7. The van der Waals surface area contributed by atoms with Crippen molar-refractivity contribution >= 4 is 49.1 Å². The molecular weight excluding hydrogens is 548 g/mol. The second kappa shape index (κ2) is 11.4. The van der Waals surface area contributed by atoms with Crippen molar-refractivity contribution in [3.8, 4) is 11.5 Å². The molecule has 1 aromatic heterocycles. The number of ether oxygens (including phenoxy) is 2. The van der Waals surface area contributed by atoms with Gasteiger partial charge in [0.2, 0.25) is 16.0 Å². The first kappa shape index (κ1) is 26.1. The lowest BCUT2D eigenvalue weighted by molar-refractivity contribution is 0.207. The van der Waals surface area contributed by atoms with Gasteiger partial charge in [-0.15, -0.1) is 0 Å². The molecule has 1 atom stereocenters. The number of aromatic nitrogens is 2. The highest BCUT2D eigenvalue weighted by Gasteiger charge is 2.22. The van der Waals surface area contributed by atoms with Crippen LogP contribution in [0.4, 0.5) is 23.1 Å². The SMILES string of the molecule is CCOc1cc(O[C@H]2CCN(C)C2)ccc1Nc1ncc(Br)c(Nc2ccccc2S(=O)(=O)NC)n1. The quantitative estimate of drug-likeness (QED) is 0.327. The van der Waals surface area contributed by atoms with Gasteiger partial charge in [-0.3, -0.25) is 0 Å². The van der Waals surface area contributed by atoms with Crippen molar-refractivity contribution < 1.29 is 17.9 Å². The molecule has 1 aliphatic heterocycles. The van der Waals surface area contributed by atoms with Gasteiger partial charge in [0.15, 0.2) is 0 Å². The number of sulfonamides is 1. The fraction of sp³-hybridized carbons (Fsp3) is 0.333. The molecule has 1 aliphatic rings. The van der Waals surface area contributed by atoms with E-state index in [1.165, 1.54) is 13.1 Å². The van der Waals surface area contributed by atoms with Gasteiger partial charge in [0, 0.05) is 25.4 Å². The molecule has 192 valence electrons. The molecule has 0 amide bonds. The first-order valence-corrected chi connectivity index (χ1v) is 13.8. The number of nitrogens with zero attached hydrogens (tertiary/aromatic N) is 3. The summed E-state index contributed by atoms with van der Waals surface area (Å²) < 4.78 is 39.7. The minimum Gasteiger partial charge on any atom is -0.492 e. The van der Waals surface area contributed by atoms with E-state index in [-0.39, 0.29) is 11.0 Å². The number of likely N-dealkylation sites (tertiary alicyclic amines) is 1. The molecular formula is C24H29BrN6O4S. The van der Waals surface area contributed by atoms with Crippen LogP contribution < -0.4 is 24.8 Å². The second-order valence-corrected chi connectivity index (χ2v) is 10.9. The number of hydrogen-bond donors (Lipinski definition) is 3. The van der Waals surface area contributed by atoms with Gasteiger partial charge in [0.05, 0.1) is 22.5 Å². The zero-order valence-electron chi connectivity index (χ0n) is 20.3. The monoisotopic (exact) mass is 576 g/mol. The topological polar surface area (TPSA) is 118 Å². The van der Waals surface area contributed by atoms with Gasteiger partial charge in [-0.1, -0.05) is 12.1 Å². The molecule has 3 N–H and O–H groups in total. The molecule has 1 saturated heterocycles. The van der Waals surface area contributed by atoms with Crippen LogP contribution in [0.5, 0.6) is 11.5 Å². The summed E-state index contributed by atoms with van der Waals surface area (Å²) in [6.07, 6.45) is 2.73. The Morgan fingerprint density at radius 2 is 1.97 bits per heavy atom. The number of hydrogen-bond acceptors (Lipinski definition) is 9. The number of rotatable bonds is 10. The lowest BCUT2D eigenvalue weighted by Crippen LogP contribution is -2.21. The van der Waals surface area contributed by atoms with Gasteiger partial charge in [-0.2, -0.15) is 4.98 Å². The molecule has 10 nitrogen and oxygen atoms in total. The van der Waals surface area contributed by atoms with Gasteiger partial charge in [-0.05, 0) is 67.6 Å². The molecule has 0 bridgehead atoms. The van der Waals surface area contributed by atoms with Crippen molar-refractivity contribution in [2.75, 3.05) is 44.4 Å². The summed E-state index contributed by atoms with van der Waals surface area (Å²) in [6.45, 7) is 4.31. The summed E-state index contributed by atoms with van der Waals surface area (Å²) in [6, 6.07) is 12.2. The van der Waals surface area contributed by atoms with Crippen molar-refractivity contribution in [2.45, 2.75) is 24.3 Å². The van der Waals surface area contributed by atoms with Crippen LogP contribution in [0, 0.1) is 0 Å². The number of anilines is 4. The van der Waals surface area contributed by atoms with Crippen molar-refractivity contribution in [1.29, 1.82) is 0 Å². The van der Waals surface area contributed by atoms with Crippen LogP contribution in [-0.4, -0.2) is 63.2 Å². The second-order valence-electron chi connectivity index (χ2n) is 8.23. The zero-order chi connectivity index (χ0) is 25.7. The van der Waals surface area contributed by atoms with Crippen LogP contribution in [0.3, 0.4) is 0 Å². The standard InChI is InChI=1S/C24H29BrN6O4S/c1-4-34-21-13-16(35-17-11-12-31(3)15-17)9-10-19(21)29-24-27-14-18(25)23(30-24)28-20-7-5-6-8-22(20)36(32,33)26-2/h5-10,13-14,17,26H,4,11-12,15H2,1-3H3,(H2,27,28,29,30)/t17-/m0/s1. The van der Waals surface area contributed by atoms with Gasteiger partial charge in [-0.25, -0.2) is 18.1 Å². The summed E-state index contributed by atoms with van der Waals surface area (Å²) in [4.78, 5) is 11.2. The summed E-state index contributed by atoms with van der Waals surface area (Å²) >= 11 is 3.44. The molecule has 0 aliphatic carbocycles. The average Bonchev–Trinajstić information content (AvgIpc) is 3.27. The molecule has 1 fully saturated rings. The van der Waals surface area contributed by atoms with Crippen LogP contribution in [-0.2, 0) is 10.0 Å². The molecule has 3 aromatic rings. The molecule has 2 aromatic carbocycles. The van der Waals surface area contributed by atoms with E-state index in [1.807, 2.05) is 25.1 Å². The van der Waals surface area contributed by atoms with E-state index in [4.69, 9.17) is 9.47 Å². The smallest absolute Gasteiger partial charge is 0.242 e.